The SMILES string of the molecule is CC(CC1CCc2c(cccc2OCC(=O)O)C1)=NOC(c1ccc(Cl)cc1)c1ccc(Cl)cc1. The van der Waals surface area contributed by atoms with Crippen molar-refractivity contribution in [1.29, 1.82) is 0 Å². The van der Waals surface area contributed by atoms with Crippen molar-refractivity contribution in [2.24, 2.45) is 11.1 Å². The lowest BCUT2D eigenvalue weighted by molar-refractivity contribution is -0.139. The number of carboxylic acid groups (broad SMARTS) is 1. The fourth-order valence-corrected chi connectivity index (χ4v) is 4.74. The number of nitrogens with zero attached hydrogens (tertiary/aromatic N) is 1. The lowest BCUT2D eigenvalue weighted by atomic mass is 9.81. The number of carboxylic acids is 1. The van der Waals surface area contributed by atoms with Crippen LogP contribution in [0, 0.1) is 5.92 Å². The van der Waals surface area contributed by atoms with E-state index < -0.39 is 5.97 Å². The highest BCUT2D eigenvalue weighted by molar-refractivity contribution is 6.30. The molecule has 0 heterocycles. The molecule has 1 aliphatic carbocycles. The molecule has 0 saturated carbocycles. The topological polar surface area (TPSA) is 68.1 Å². The smallest absolute Gasteiger partial charge is 0.341 e. The predicted octanol–water partition coefficient (Wildman–Crippen LogP) is 7.13. The Morgan fingerprint density at radius 2 is 1.66 bits per heavy atom. The van der Waals surface area contributed by atoms with E-state index in [4.69, 9.17) is 37.9 Å². The van der Waals surface area contributed by atoms with Gasteiger partial charge in [0, 0.05) is 10.0 Å². The van der Waals surface area contributed by atoms with E-state index in [1.54, 1.807) is 0 Å². The Morgan fingerprint density at radius 3 is 2.26 bits per heavy atom. The molecular formula is C28H27Cl2NO4. The van der Waals surface area contributed by atoms with E-state index in [1.807, 2.05) is 67.6 Å². The van der Waals surface area contributed by atoms with Crippen molar-refractivity contribution in [2.45, 2.75) is 38.7 Å². The molecule has 35 heavy (non-hydrogen) atoms. The summed E-state index contributed by atoms with van der Waals surface area (Å²) in [7, 11) is 0. The van der Waals surface area contributed by atoms with Gasteiger partial charge in [-0.1, -0.05) is 64.8 Å². The van der Waals surface area contributed by atoms with Crippen LogP contribution in [0.5, 0.6) is 5.75 Å². The van der Waals surface area contributed by atoms with Gasteiger partial charge < -0.3 is 14.7 Å². The molecular weight excluding hydrogens is 485 g/mol. The van der Waals surface area contributed by atoms with Crippen LogP contribution in [0.2, 0.25) is 10.0 Å². The average Bonchev–Trinajstić information content (AvgIpc) is 2.84. The molecule has 3 aromatic rings. The van der Waals surface area contributed by atoms with Crippen molar-refractivity contribution in [3.05, 3.63) is 99.0 Å². The quantitative estimate of drug-likeness (QED) is 0.245. The standard InChI is InChI=1S/C28H27Cl2NO4/c1-18(15-19-5-14-25-22(16-19)3-2-4-26(25)34-17-27(32)33)31-35-28(20-6-10-23(29)11-7-20)21-8-12-24(30)13-9-21/h2-4,6-13,19,28H,5,14-17H2,1H3,(H,32,33). The van der Waals surface area contributed by atoms with Crippen LogP contribution in [0.15, 0.2) is 71.9 Å². The minimum absolute atomic E-state index is 0.328. The third-order valence-corrected chi connectivity index (χ3v) is 6.64. The molecule has 5 nitrogen and oxygen atoms in total. The van der Waals surface area contributed by atoms with Gasteiger partial charge in [0.05, 0.1) is 5.71 Å². The lowest BCUT2D eigenvalue weighted by Crippen LogP contribution is -2.19. The maximum Gasteiger partial charge on any atom is 0.341 e. The minimum atomic E-state index is -0.973. The zero-order chi connectivity index (χ0) is 24.8. The van der Waals surface area contributed by atoms with Crippen LogP contribution in [0.1, 0.15) is 48.1 Å². The number of halogens is 2. The Bertz CT molecular complexity index is 1150. The van der Waals surface area contributed by atoms with Gasteiger partial charge in [0.15, 0.2) is 12.7 Å². The van der Waals surface area contributed by atoms with Crippen LogP contribution in [0.25, 0.3) is 0 Å². The van der Waals surface area contributed by atoms with Crippen LogP contribution < -0.4 is 4.74 Å². The van der Waals surface area contributed by atoms with Gasteiger partial charge in [0.1, 0.15) is 5.75 Å². The summed E-state index contributed by atoms with van der Waals surface area (Å²) in [6, 6.07) is 21.0. The first kappa shape index (κ1) is 25.1. The Morgan fingerprint density at radius 1 is 1.03 bits per heavy atom. The highest BCUT2D eigenvalue weighted by atomic mass is 35.5. The molecule has 1 atom stereocenters. The molecule has 0 saturated heterocycles. The van der Waals surface area contributed by atoms with Crippen molar-refractivity contribution >= 4 is 34.9 Å². The Kier molecular flexibility index (Phi) is 8.32. The van der Waals surface area contributed by atoms with Crippen LogP contribution in [-0.2, 0) is 22.5 Å². The van der Waals surface area contributed by atoms with E-state index in [1.165, 1.54) is 5.56 Å². The maximum atomic E-state index is 10.9. The van der Waals surface area contributed by atoms with Crippen molar-refractivity contribution in [1.82, 2.24) is 0 Å². The number of oxime groups is 1. The van der Waals surface area contributed by atoms with Crippen LogP contribution >= 0.6 is 23.2 Å². The molecule has 3 aromatic carbocycles. The fourth-order valence-electron chi connectivity index (χ4n) is 4.48. The normalized spacial score (nSPS) is 15.5. The first-order valence-electron chi connectivity index (χ1n) is 11.5. The Labute approximate surface area is 215 Å². The summed E-state index contributed by atoms with van der Waals surface area (Å²) in [5.74, 6) is 0.124. The van der Waals surface area contributed by atoms with Crippen LogP contribution in [0.3, 0.4) is 0 Å². The van der Waals surface area contributed by atoms with Gasteiger partial charge in [-0.05, 0) is 91.1 Å². The highest BCUT2D eigenvalue weighted by Gasteiger charge is 2.23. The molecule has 182 valence electrons. The first-order valence-corrected chi connectivity index (χ1v) is 12.3. The van der Waals surface area contributed by atoms with Gasteiger partial charge >= 0.3 is 5.97 Å². The Hall–Kier alpha value is -3.02. The van der Waals surface area contributed by atoms with E-state index in [2.05, 4.69) is 11.2 Å². The number of fused-ring (bicyclic) bond motifs is 1. The summed E-state index contributed by atoms with van der Waals surface area (Å²) < 4.78 is 5.49. The molecule has 1 unspecified atom stereocenters. The number of ether oxygens (including phenoxy) is 1. The summed E-state index contributed by atoms with van der Waals surface area (Å²) in [4.78, 5) is 16.9. The van der Waals surface area contributed by atoms with Gasteiger partial charge in [-0.15, -0.1) is 0 Å². The number of benzene rings is 3. The summed E-state index contributed by atoms with van der Waals surface area (Å²) in [5.41, 5.74) is 5.15. The molecule has 0 bridgehead atoms. The molecule has 0 radical (unpaired) electrons. The third-order valence-electron chi connectivity index (χ3n) is 6.14. The molecule has 7 heteroatoms. The molecule has 0 amide bonds. The van der Waals surface area contributed by atoms with Gasteiger partial charge in [0.2, 0.25) is 0 Å². The van der Waals surface area contributed by atoms with Gasteiger partial charge in [-0.3, -0.25) is 0 Å². The van der Waals surface area contributed by atoms with Crippen molar-refractivity contribution in [3.8, 4) is 5.75 Å². The number of hydrogen-bond donors (Lipinski definition) is 1. The molecule has 1 N–H and O–H groups in total. The lowest BCUT2D eigenvalue weighted by Gasteiger charge is -2.26. The molecule has 0 spiro atoms. The van der Waals surface area contributed by atoms with E-state index in [0.29, 0.717) is 21.7 Å². The Balaban J connectivity index is 1.44. The monoisotopic (exact) mass is 511 g/mol. The van der Waals surface area contributed by atoms with Gasteiger partial charge in [0.25, 0.3) is 0 Å². The van der Waals surface area contributed by atoms with Crippen molar-refractivity contribution in [2.75, 3.05) is 6.61 Å². The van der Waals surface area contributed by atoms with Crippen LogP contribution in [-0.4, -0.2) is 23.4 Å². The molecule has 4 rings (SSSR count). The van der Waals surface area contributed by atoms with Gasteiger partial charge in [-0.25, -0.2) is 4.79 Å². The first-order chi connectivity index (χ1) is 16.9. The summed E-state index contributed by atoms with van der Waals surface area (Å²) in [6.45, 7) is 1.66. The molecule has 0 aromatic heterocycles. The van der Waals surface area contributed by atoms with E-state index in [-0.39, 0.29) is 12.7 Å². The highest BCUT2D eigenvalue weighted by Crippen LogP contribution is 2.34. The van der Waals surface area contributed by atoms with Crippen molar-refractivity contribution in [3.63, 3.8) is 0 Å². The van der Waals surface area contributed by atoms with Crippen LogP contribution in [0.4, 0.5) is 0 Å². The number of aliphatic carboxylic acids is 1. The minimum Gasteiger partial charge on any atom is -0.482 e. The second-order valence-corrected chi connectivity index (χ2v) is 9.68. The molecule has 0 aliphatic heterocycles. The average molecular weight is 512 g/mol. The van der Waals surface area contributed by atoms with E-state index >= 15 is 0 Å². The fraction of sp³-hybridized carbons (Fsp3) is 0.286. The summed E-state index contributed by atoms with van der Waals surface area (Å²) in [6.07, 6.45) is 3.16. The van der Waals surface area contributed by atoms with E-state index in [0.717, 1.165) is 48.1 Å². The van der Waals surface area contributed by atoms with Crippen molar-refractivity contribution < 1.29 is 19.5 Å². The van der Waals surface area contributed by atoms with Gasteiger partial charge in [-0.2, -0.15) is 0 Å². The zero-order valence-corrected chi connectivity index (χ0v) is 20.9. The number of carbonyl (C=O) groups is 1. The number of rotatable bonds is 9. The summed E-state index contributed by atoms with van der Waals surface area (Å²) in [5, 5.41) is 14.7. The molecule has 1 aliphatic rings. The molecule has 0 fully saturated rings. The zero-order valence-electron chi connectivity index (χ0n) is 19.4. The van der Waals surface area contributed by atoms with E-state index in [9.17, 15) is 4.79 Å². The maximum absolute atomic E-state index is 10.9. The second-order valence-electron chi connectivity index (χ2n) is 8.80. The summed E-state index contributed by atoms with van der Waals surface area (Å²) >= 11 is 12.2. The second kappa shape index (κ2) is 11.6. The predicted molar refractivity (Wildman–Crippen MR) is 139 cm³/mol. The number of hydrogen-bond acceptors (Lipinski definition) is 4. The largest absolute Gasteiger partial charge is 0.482 e. The third kappa shape index (κ3) is 6.77.